The van der Waals surface area contributed by atoms with Crippen molar-refractivity contribution < 1.29 is 9.59 Å². The molecule has 24 heavy (non-hydrogen) atoms. The molecule has 2 heterocycles. The Morgan fingerprint density at radius 2 is 2.12 bits per heavy atom. The molecule has 1 aromatic rings. The maximum atomic E-state index is 13.0. The van der Waals surface area contributed by atoms with E-state index in [-0.39, 0.29) is 29.6 Å². The van der Waals surface area contributed by atoms with Gasteiger partial charge < -0.3 is 16.0 Å². The summed E-state index contributed by atoms with van der Waals surface area (Å²) >= 11 is 0. The fourth-order valence-corrected chi connectivity index (χ4v) is 4.41. The Morgan fingerprint density at radius 3 is 3.00 bits per heavy atom. The Bertz CT molecular complexity index is 664. The predicted octanol–water partition coefficient (Wildman–Crippen LogP) is 2.71. The number of aryl methyl sites for hydroxylation is 1. The first-order valence-electron chi connectivity index (χ1n) is 8.62. The van der Waals surface area contributed by atoms with E-state index in [1.54, 1.807) is 0 Å². The van der Waals surface area contributed by atoms with Gasteiger partial charge in [-0.3, -0.25) is 9.59 Å². The van der Waals surface area contributed by atoms with Crippen LogP contribution >= 0.6 is 12.4 Å². The molecule has 4 rings (SSSR count). The van der Waals surface area contributed by atoms with Crippen LogP contribution in [0, 0.1) is 11.3 Å². The molecule has 1 aromatic carbocycles. The van der Waals surface area contributed by atoms with Gasteiger partial charge in [0.15, 0.2) is 0 Å². The summed E-state index contributed by atoms with van der Waals surface area (Å²) in [5, 5.41) is 9.44. The van der Waals surface area contributed by atoms with Gasteiger partial charge in [-0.15, -0.1) is 12.4 Å². The third-order valence-corrected chi connectivity index (χ3v) is 5.75. The minimum atomic E-state index is -0.234. The summed E-state index contributed by atoms with van der Waals surface area (Å²) in [6, 6.07) is 5.79. The zero-order chi connectivity index (χ0) is 15.9. The minimum Gasteiger partial charge on any atom is -0.326 e. The lowest BCUT2D eigenvalue weighted by Crippen LogP contribution is -2.44. The molecular weight excluding hydrogens is 326 g/mol. The average Bonchev–Trinajstić information content (AvgIpc) is 3.00. The Labute approximate surface area is 148 Å². The summed E-state index contributed by atoms with van der Waals surface area (Å²) in [5.41, 5.74) is 2.58. The van der Waals surface area contributed by atoms with Crippen LogP contribution < -0.4 is 16.0 Å². The monoisotopic (exact) mass is 349 g/mol. The number of fused-ring (bicyclic) bond motifs is 2. The lowest BCUT2D eigenvalue weighted by molar-refractivity contribution is -0.128. The van der Waals surface area contributed by atoms with Crippen molar-refractivity contribution in [2.24, 2.45) is 11.3 Å². The van der Waals surface area contributed by atoms with E-state index in [1.165, 1.54) is 6.42 Å². The predicted molar refractivity (Wildman–Crippen MR) is 96.5 cm³/mol. The smallest absolute Gasteiger partial charge is 0.232 e. The molecule has 5 nitrogen and oxygen atoms in total. The first-order valence-corrected chi connectivity index (χ1v) is 8.62. The van der Waals surface area contributed by atoms with Crippen molar-refractivity contribution in [2.75, 3.05) is 23.7 Å². The van der Waals surface area contributed by atoms with E-state index >= 15 is 0 Å². The van der Waals surface area contributed by atoms with Crippen LogP contribution in [0.4, 0.5) is 11.4 Å². The largest absolute Gasteiger partial charge is 0.326 e. The van der Waals surface area contributed by atoms with E-state index in [0.717, 1.165) is 55.7 Å². The molecule has 130 valence electrons. The van der Waals surface area contributed by atoms with Crippen LogP contribution in [0.2, 0.25) is 0 Å². The van der Waals surface area contributed by atoms with E-state index in [9.17, 15) is 9.59 Å². The van der Waals surface area contributed by atoms with Crippen molar-refractivity contribution in [3.8, 4) is 0 Å². The van der Waals surface area contributed by atoms with Gasteiger partial charge in [-0.2, -0.15) is 0 Å². The number of amides is 2. The number of benzene rings is 1. The second kappa shape index (κ2) is 6.73. The van der Waals surface area contributed by atoms with Gasteiger partial charge in [0.2, 0.25) is 11.8 Å². The van der Waals surface area contributed by atoms with Gasteiger partial charge in [0, 0.05) is 24.3 Å². The maximum absolute atomic E-state index is 13.0. The van der Waals surface area contributed by atoms with Crippen LogP contribution in [0.1, 0.15) is 37.7 Å². The Hall–Kier alpha value is -1.59. The highest BCUT2D eigenvalue weighted by atomic mass is 35.5. The highest BCUT2D eigenvalue weighted by Gasteiger charge is 2.49. The van der Waals surface area contributed by atoms with E-state index in [4.69, 9.17) is 0 Å². The molecule has 2 atom stereocenters. The molecule has 0 spiro atoms. The summed E-state index contributed by atoms with van der Waals surface area (Å²) in [6.07, 6.45) is 5.76. The van der Waals surface area contributed by atoms with Crippen molar-refractivity contribution in [1.82, 2.24) is 5.32 Å². The molecule has 0 bridgehead atoms. The third kappa shape index (κ3) is 2.91. The van der Waals surface area contributed by atoms with Gasteiger partial charge >= 0.3 is 0 Å². The summed E-state index contributed by atoms with van der Waals surface area (Å²) in [5.74, 6) is 0.690. The number of hydrogen-bond donors (Lipinski definition) is 3. The van der Waals surface area contributed by atoms with Crippen LogP contribution in [0.5, 0.6) is 0 Å². The Morgan fingerprint density at radius 1 is 1.25 bits per heavy atom. The van der Waals surface area contributed by atoms with E-state index in [0.29, 0.717) is 12.3 Å². The highest BCUT2D eigenvalue weighted by molar-refractivity contribution is 5.98. The first-order chi connectivity index (χ1) is 11.2. The quantitative estimate of drug-likeness (QED) is 0.768. The van der Waals surface area contributed by atoms with E-state index in [2.05, 4.69) is 16.0 Å². The van der Waals surface area contributed by atoms with E-state index in [1.807, 2.05) is 18.2 Å². The van der Waals surface area contributed by atoms with Crippen molar-refractivity contribution in [3.05, 3.63) is 23.8 Å². The van der Waals surface area contributed by atoms with Crippen molar-refractivity contribution in [1.29, 1.82) is 0 Å². The molecule has 0 radical (unpaired) electrons. The first kappa shape index (κ1) is 17.2. The molecule has 2 fully saturated rings. The van der Waals surface area contributed by atoms with Gasteiger partial charge in [-0.1, -0.05) is 12.8 Å². The molecule has 1 saturated carbocycles. The lowest BCUT2D eigenvalue weighted by Gasteiger charge is -2.37. The molecule has 0 aromatic heterocycles. The Balaban J connectivity index is 0.00000169. The zero-order valence-electron chi connectivity index (χ0n) is 13.7. The van der Waals surface area contributed by atoms with Crippen LogP contribution in [0.25, 0.3) is 0 Å². The van der Waals surface area contributed by atoms with Crippen molar-refractivity contribution in [3.63, 3.8) is 0 Å². The van der Waals surface area contributed by atoms with Gasteiger partial charge in [0.25, 0.3) is 0 Å². The highest BCUT2D eigenvalue weighted by Crippen LogP contribution is 2.44. The lowest BCUT2D eigenvalue weighted by atomic mass is 9.67. The normalized spacial score (nSPS) is 28.2. The molecule has 3 N–H and O–H groups in total. The molecular formula is C18H24ClN3O2. The number of rotatable bonds is 2. The SMILES string of the molecule is Cl.O=C1CCc2cc(NC(=O)[C@@]34CCCC[C@H]3CNC4)ccc2N1. The summed E-state index contributed by atoms with van der Waals surface area (Å²) in [4.78, 5) is 24.4. The maximum Gasteiger partial charge on any atom is 0.232 e. The molecule has 0 unspecified atom stereocenters. The zero-order valence-corrected chi connectivity index (χ0v) is 14.5. The topological polar surface area (TPSA) is 70.2 Å². The van der Waals surface area contributed by atoms with Gasteiger partial charge in [0.05, 0.1) is 5.41 Å². The standard InChI is InChI=1S/C18H23N3O2.ClH/c22-16-7-4-12-9-14(5-6-15(12)21-16)20-17(23)18-8-2-1-3-13(18)10-19-11-18;/h5-6,9,13,19H,1-4,7-8,10-11H2,(H,20,23)(H,21,22);1H/t13-,18+;/m0./s1. The molecule has 1 saturated heterocycles. The van der Waals surface area contributed by atoms with Gasteiger partial charge in [0.1, 0.15) is 0 Å². The summed E-state index contributed by atoms with van der Waals surface area (Å²) < 4.78 is 0. The molecule has 2 amide bonds. The number of hydrogen-bond acceptors (Lipinski definition) is 3. The summed E-state index contributed by atoms with van der Waals surface area (Å²) in [7, 11) is 0. The van der Waals surface area contributed by atoms with Gasteiger partial charge in [-0.25, -0.2) is 0 Å². The molecule has 6 heteroatoms. The van der Waals surface area contributed by atoms with Crippen molar-refractivity contribution >= 4 is 35.6 Å². The van der Waals surface area contributed by atoms with Crippen molar-refractivity contribution in [2.45, 2.75) is 38.5 Å². The number of anilines is 2. The molecule has 3 aliphatic rings. The van der Waals surface area contributed by atoms with Crippen LogP contribution in [0.15, 0.2) is 18.2 Å². The minimum absolute atomic E-state index is 0. The number of carbonyl (C=O) groups is 2. The molecule has 2 aliphatic heterocycles. The number of nitrogens with one attached hydrogen (secondary N) is 3. The second-order valence-corrected chi connectivity index (χ2v) is 7.10. The second-order valence-electron chi connectivity index (χ2n) is 7.10. The average molecular weight is 350 g/mol. The summed E-state index contributed by atoms with van der Waals surface area (Å²) in [6.45, 7) is 1.76. The fourth-order valence-electron chi connectivity index (χ4n) is 4.41. The van der Waals surface area contributed by atoms with Gasteiger partial charge in [-0.05, 0) is 55.5 Å². The fraction of sp³-hybridized carbons (Fsp3) is 0.556. The number of carbonyl (C=O) groups excluding carboxylic acids is 2. The third-order valence-electron chi connectivity index (χ3n) is 5.75. The number of halogens is 1. The van der Waals surface area contributed by atoms with E-state index < -0.39 is 0 Å². The molecule has 1 aliphatic carbocycles. The Kier molecular flexibility index (Phi) is 4.83. The van der Waals surface area contributed by atoms with Crippen LogP contribution in [-0.4, -0.2) is 24.9 Å². The van der Waals surface area contributed by atoms with Crippen LogP contribution in [-0.2, 0) is 16.0 Å². The van der Waals surface area contributed by atoms with Crippen LogP contribution in [0.3, 0.4) is 0 Å².